The molecule has 0 heterocycles. The molecule has 3 N–H and O–H groups in total. The molecule has 1 amide bonds. The minimum Gasteiger partial charge on any atom is -0.350 e. The van der Waals surface area contributed by atoms with E-state index in [1.165, 1.54) is 32.1 Å². The van der Waals surface area contributed by atoms with E-state index < -0.39 is 6.04 Å². The Bertz CT molecular complexity index is 347. The normalized spacial score (nSPS) is 42.2. The Kier molecular flexibility index (Phi) is 3.16. The van der Waals surface area contributed by atoms with Gasteiger partial charge >= 0.3 is 0 Å². The average Bonchev–Trinajstić information content (AvgIpc) is 2.25. The van der Waals surface area contributed by atoms with E-state index in [-0.39, 0.29) is 11.4 Å². The lowest BCUT2D eigenvalue weighted by molar-refractivity contribution is -0.127. The van der Waals surface area contributed by atoms with Gasteiger partial charge in [0.15, 0.2) is 0 Å². The van der Waals surface area contributed by atoms with Gasteiger partial charge in [-0.05, 0) is 82.5 Å². The Balaban J connectivity index is 1.76. The monoisotopic (exact) mass is 264 g/mol. The smallest absolute Gasteiger partial charge is 0.237 e. The number of hydrogen-bond donors (Lipinski definition) is 2. The van der Waals surface area contributed by atoms with Gasteiger partial charge in [-0.2, -0.15) is 0 Å². The van der Waals surface area contributed by atoms with Gasteiger partial charge in [0.1, 0.15) is 0 Å². The number of nitrogens with two attached hydrogens (primary N) is 1. The summed E-state index contributed by atoms with van der Waals surface area (Å²) in [7, 11) is 0. The molecule has 0 saturated heterocycles. The van der Waals surface area contributed by atoms with Gasteiger partial charge in [0.05, 0.1) is 6.04 Å². The van der Waals surface area contributed by atoms with Crippen LogP contribution in [0.4, 0.5) is 0 Å². The number of amides is 1. The highest BCUT2D eigenvalue weighted by molar-refractivity contribution is 5.81. The van der Waals surface area contributed by atoms with Crippen LogP contribution in [0, 0.1) is 29.6 Å². The molecule has 1 atom stereocenters. The predicted molar refractivity (Wildman–Crippen MR) is 76.4 cm³/mol. The Morgan fingerprint density at radius 1 is 1.11 bits per heavy atom. The topological polar surface area (TPSA) is 55.1 Å². The van der Waals surface area contributed by atoms with Gasteiger partial charge in [-0.15, -0.1) is 0 Å². The van der Waals surface area contributed by atoms with Crippen molar-refractivity contribution in [3.8, 4) is 0 Å². The van der Waals surface area contributed by atoms with Crippen molar-refractivity contribution in [3.63, 3.8) is 0 Å². The predicted octanol–water partition coefficient (Wildman–Crippen LogP) is 2.30. The highest BCUT2D eigenvalue weighted by atomic mass is 16.2. The molecular formula is C16H28N2O. The van der Waals surface area contributed by atoms with E-state index in [4.69, 9.17) is 5.73 Å². The van der Waals surface area contributed by atoms with Crippen molar-refractivity contribution < 1.29 is 4.79 Å². The fraction of sp³-hybridized carbons (Fsp3) is 0.938. The molecule has 0 spiro atoms. The van der Waals surface area contributed by atoms with Crippen LogP contribution >= 0.6 is 0 Å². The Labute approximate surface area is 116 Å². The molecule has 4 bridgehead atoms. The lowest BCUT2D eigenvalue weighted by Crippen LogP contribution is -2.61. The van der Waals surface area contributed by atoms with Gasteiger partial charge in [-0.3, -0.25) is 4.79 Å². The summed E-state index contributed by atoms with van der Waals surface area (Å²) < 4.78 is 0. The standard InChI is InChI=1S/C16H28N2O/c1-9(17)15(19)18-16(2,3)14-12-5-10-4-11(7-12)8-13(14)6-10/h9-14H,4-8,17H2,1-3H3,(H,18,19). The molecule has 4 aliphatic rings. The molecule has 0 aromatic heterocycles. The second-order valence-corrected chi connectivity index (χ2v) is 7.96. The van der Waals surface area contributed by atoms with Crippen LogP contribution in [0.25, 0.3) is 0 Å². The third kappa shape index (κ3) is 2.31. The van der Waals surface area contributed by atoms with Gasteiger partial charge in [-0.25, -0.2) is 0 Å². The molecule has 4 saturated carbocycles. The highest BCUT2D eigenvalue weighted by Crippen LogP contribution is 2.58. The van der Waals surface area contributed by atoms with Crippen molar-refractivity contribution in [2.75, 3.05) is 0 Å². The summed E-state index contributed by atoms with van der Waals surface area (Å²) in [6, 6.07) is -0.406. The van der Waals surface area contributed by atoms with Crippen molar-refractivity contribution in [1.29, 1.82) is 0 Å². The van der Waals surface area contributed by atoms with E-state index >= 15 is 0 Å². The van der Waals surface area contributed by atoms with Crippen LogP contribution in [0.5, 0.6) is 0 Å². The van der Waals surface area contributed by atoms with Gasteiger partial charge in [0, 0.05) is 5.54 Å². The minimum atomic E-state index is -0.406. The number of nitrogens with one attached hydrogen (secondary N) is 1. The van der Waals surface area contributed by atoms with Crippen LogP contribution < -0.4 is 11.1 Å². The van der Waals surface area contributed by atoms with Crippen molar-refractivity contribution in [2.24, 2.45) is 35.3 Å². The first-order valence-electron chi connectivity index (χ1n) is 7.94. The van der Waals surface area contributed by atoms with E-state index in [0.29, 0.717) is 5.92 Å². The second kappa shape index (κ2) is 4.47. The van der Waals surface area contributed by atoms with E-state index in [0.717, 1.165) is 23.7 Å². The molecule has 4 aliphatic carbocycles. The summed E-state index contributed by atoms with van der Waals surface area (Å²) in [5, 5.41) is 3.22. The third-order valence-corrected chi connectivity index (χ3v) is 5.92. The van der Waals surface area contributed by atoms with Crippen molar-refractivity contribution >= 4 is 5.91 Å². The summed E-state index contributed by atoms with van der Waals surface area (Å²) >= 11 is 0. The van der Waals surface area contributed by atoms with Crippen molar-refractivity contribution in [3.05, 3.63) is 0 Å². The molecular weight excluding hydrogens is 236 g/mol. The molecule has 4 rings (SSSR count). The first-order valence-corrected chi connectivity index (χ1v) is 7.94. The maximum atomic E-state index is 12.0. The van der Waals surface area contributed by atoms with Crippen LogP contribution in [0.15, 0.2) is 0 Å². The second-order valence-electron chi connectivity index (χ2n) is 7.96. The molecule has 19 heavy (non-hydrogen) atoms. The van der Waals surface area contributed by atoms with Crippen molar-refractivity contribution in [1.82, 2.24) is 5.32 Å². The first-order chi connectivity index (χ1) is 8.87. The molecule has 0 aromatic rings. The maximum Gasteiger partial charge on any atom is 0.237 e. The number of rotatable bonds is 3. The molecule has 0 radical (unpaired) electrons. The quantitative estimate of drug-likeness (QED) is 0.822. The Morgan fingerprint density at radius 3 is 2.00 bits per heavy atom. The summed E-state index contributed by atoms with van der Waals surface area (Å²) in [6.45, 7) is 6.18. The van der Waals surface area contributed by atoms with Crippen molar-refractivity contribution in [2.45, 2.75) is 64.5 Å². The summed E-state index contributed by atoms with van der Waals surface area (Å²) in [5.41, 5.74) is 5.60. The van der Waals surface area contributed by atoms with E-state index in [9.17, 15) is 4.79 Å². The average molecular weight is 264 g/mol. The SMILES string of the molecule is CC(N)C(=O)NC(C)(C)C1C2CC3CC(C2)CC1C3. The van der Waals surface area contributed by atoms with Crippen LogP contribution in [-0.4, -0.2) is 17.5 Å². The lowest BCUT2D eigenvalue weighted by Gasteiger charge is -2.58. The highest BCUT2D eigenvalue weighted by Gasteiger charge is 2.53. The van der Waals surface area contributed by atoms with Crippen LogP contribution in [-0.2, 0) is 4.79 Å². The summed E-state index contributed by atoms with van der Waals surface area (Å²) in [6.07, 6.45) is 7.07. The lowest BCUT2D eigenvalue weighted by atomic mass is 9.48. The molecule has 3 heteroatoms. The van der Waals surface area contributed by atoms with Gasteiger partial charge in [-0.1, -0.05) is 0 Å². The number of hydrogen-bond acceptors (Lipinski definition) is 2. The fourth-order valence-electron chi connectivity index (χ4n) is 5.62. The zero-order valence-corrected chi connectivity index (χ0v) is 12.5. The summed E-state index contributed by atoms with van der Waals surface area (Å²) in [5.74, 6) is 4.29. The first kappa shape index (κ1) is 13.4. The summed E-state index contributed by atoms with van der Waals surface area (Å²) in [4.78, 5) is 12.0. The minimum absolute atomic E-state index is 0.00111. The number of carbonyl (C=O) groups is 1. The maximum absolute atomic E-state index is 12.0. The fourth-order valence-corrected chi connectivity index (χ4v) is 5.62. The largest absolute Gasteiger partial charge is 0.350 e. The Hall–Kier alpha value is -0.570. The molecule has 3 nitrogen and oxygen atoms in total. The molecule has 4 fully saturated rings. The zero-order chi connectivity index (χ0) is 13.8. The van der Waals surface area contributed by atoms with Crippen LogP contribution in [0.2, 0.25) is 0 Å². The molecule has 0 aromatic carbocycles. The zero-order valence-electron chi connectivity index (χ0n) is 12.5. The number of carbonyl (C=O) groups excluding carboxylic acids is 1. The molecule has 0 aliphatic heterocycles. The van der Waals surface area contributed by atoms with Gasteiger partial charge in [0.25, 0.3) is 0 Å². The van der Waals surface area contributed by atoms with Crippen LogP contribution in [0.1, 0.15) is 52.9 Å². The Morgan fingerprint density at radius 2 is 1.58 bits per heavy atom. The van der Waals surface area contributed by atoms with Crippen LogP contribution in [0.3, 0.4) is 0 Å². The van der Waals surface area contributed by atoms with E-state index in [1.807, 2.05) is 0 Å². The van der Waals surface area contributed by atoms with E-state index in [1.54, 1.807) is 6.92 Å². The van der Waals surface area contributed by atoms with Gasteiger partial charge in [0.2, 0.25) is 5.91 Å². The van der Waals surface area contributed by atoms with Gasteiger partial charge < -0.3 is 11.1 Å². The third-order valence-electron chi connectivity index (χ3n) is 5.92. The van der Waals surface area contributed by atoms with E-state index in [2.05, 4.69) is 19.2 Å². The molecule has 1 unspecified atom stereocenters. The molecule has 108 valence electrons.